The van der Waals surface area contributed by atoms with Crippen molar-refractivity contribution in [3.63, 3.8) is 0 Å². The van der Waals surface area contributed by atoms with Gasteiger partial charge in [0, 0.05) is 7.05 Å². The van der Waals surface area contributed by atoms with E-state index in [-0.39, 0.29) is 6.61 Å². The topological polar surface area (TPSA) is 94.8 Å². The molecule has 0 aromatic rings. The van der Waals surface area contributed by atoms with E-state index in [1.54, 1.807) is 7.05 Å². The Morgan fingerprint density at radius 3 is 2.76 bits per heavy atom. The molecule has 2 aliphatic rings. The summed E-state index contributed by atoms with van der Waals surface area (Å²) < 4.78 is 5.47. The fraction of sp³-hybridized carbons (Fsp3) is 0.889. The molecule has 2 aliphatic heterocycles. The summed E-state index contributed by atoms with van der Waals surface area (Å²) in [6.45, 7) is -0.336. The van der Waals surface area contributed by atoms with E-state index in [9.17, 15) is 10.2 Å². The molecule has 0 aromatic carbocycles. The molecule has 0 aromatic heterocycles. The molecule has 7 nitrogen and oxygen atoms in total. The van der Waals surface area contributed by atoms with Gasteiger partial charge in [0.1, 0.15) is 29.8 Å². The Morgan fingerprint density at radius 1 is 1.47 bits per heavy atom. The van der Waals surface area contributed by atoms with Crippen LogP contribution in [-0.2, 0) is 9.57 Å². The summed E-state index contributed by atoms with van der Waals surface area (Å²) in [5, 5.41) is 30.7. The van der Waals surface area contributed by atoms with E-state index in [2.05, 4.69) is 4.99 Å². The minimum atomic E-state index is -1.13. The molecule has 8 heteroatoms. The number of ether oxygens (including phenoxy) is 1. The fourth-order valence-electron chi connectivity index (χ4n) is 1.80. The Hall–Kier alpha value is -0.380. The van der Waals surface area contributed by atoms with Gasteiger partial charge in [-0.15, -0.1) is 0 Å². The minimum absolute atomic E-state index is 0.336. The molecule has 2 heterocycles. The van der Waals surface area contributed by atoms with Crippen LogP contribution in [0.15, 0.2) is 4.99 Å². The van der Waals surface area contributed by atoms with Crippen LogP contribution in [0.25, 0.3) is 0 Å². The minimum Gasteiger partial charge on any atom is -0.394 e. The highest BCUT2D eigenvalue weighted by molar-refractivity contribution is 8.14. The van der Waals surface area contributed by atoms with Crippen molar-refractivity contribution in [3.05, 3.63) is 0 Å². The first kappa shape index (κ1) is 13.1. The third-order valence-corrected chi connectivity index (χ3v) is 4.07. The Balaban J connectivity index is 2.12. The van der Waals surface area contributed by atoms with Crippen molar-refractivity contribution in [2.45, 2.75) is 29.8 Å². The number of aliphatic hydroxyl groups excluding tert-OH is 3. The second kappa shape index (κ2) is 5.09. The molecule has 0 spiro atoms. The predicted octanol–water partition coefficient (Wildman–Crippen LogP) is -1.61. The number of amidine groups is 1. The molecule has 0 saturated carbocycles. The molecule has 0 aliphatic carbocycles. The van der Waals surface area contributed by atoms with Crippen molar-refractivity contribution in [3.8, 4) is 0 Å². The zero-order valence-corrected chi connectivity index (χ0v) is 10.4. The molecular weight excluding hydrogens is 248 g/mol. The fourth-order valence-corrected chi connectivity index (χ4v) is 2.97. The highest BCUT2D eigenvalue weighted by atomic mass is 32.2. The van der Waals surface area contributed by atoms with Gasteiger partial charge >= 0.3 is 0 Å². The first-order chi connectivity index (χ1) is 8.08. The maximum atomic E-state index is 9.90. The summed E-state index contributed by atoms with van der Waals surface area (Å²) in [5.74, 6) is 0. The third kappa shape index (κ3) is 2.28. The van der Waals surface area contributed by atoms with Crippen LogP contribution < -0.4 is 0 Å². The standard InChI is InChI=1S/C9H16N2O5S/c1-11(15-2)9-10-5-7(14)6(13)4(3-12)16-8(5)17-9/h4-8,12-14H,3H2,1-2H3/t4-,5-,6-,7-,8-/m1/s1. The SMILES string of the molecule is CON(C)C1=N[C@@H]2[C@@H](O)[C@H](O)[C@@H](CO)O[C@@H]2S1. The van der Waals surface area contributed by atoms with Crippen LogP contribution in [0.2, 0.25) is 0 Å². The van der Waals surface area contributed by atoms with Gasteiger partial charge < -0.3 is 20.1 Å². The summed E-state index contributed by atoms with van der Waals surface area (Å²) in [7, 11) is 3.20. The molecule has 0 unspecified atom stereocenters. The second-order valence-electron chi connectivity index (χ2n) is 3.91. The van der Waals surface area contributed by atoms with Gasteiger partial charge in [-0.05, 0) is 0 Å². The van der Waals surface area contributed by atoms with Crippen molar-refractivity contribution in [2.24, 2.45) is 4.99 Å². The zero-order valence-electron chi connectivity index (χ0n) is 9.55. The largest absolute Gasteiger partial charge is 0.394 e. The number of aliphatic hydroxyl groups is 3. The van der Waals surface area contributed by atoms with Gasteiger partial charge in [-0.2, -0.15) is 0 Å². The molecule has 0 bridgehead atoms. The van der Waals surface area contributed by atoms with E-state index >= 15 is 0 Å². The first-order valence-electron chi connectivity index (χ1n) is 5.23. The molecule has 98 valence electrons. The zero-order chi connectivity index (χ0) is 12.6. The summed E-state index contributed by atoms with van der Waals surface area (Å²) in [5.41, 5.74) is -0.404. The summed E-state index contributed by atoms with van der Waals surface area (Å²) in [4.78, 5) is 9.23. The highest BCUT2D eigenvalue weighted by Crippen LogP contribution is 2.36. The van der Waals surface area contributed by atoms with E-state index in [0.717, 1.165) is 0 Å². The van der Waals surface area contributed by atoms with Crippen molar-refractivity contribution in [2.75, 3.05) is 20.8 Å². The smallest absolute Gasteiger partial charge is 0.186 e. The normalized spacial score (nSPS) is 41.0. The lowest BCUT2D eigenvalue weighted by molar-refractivity contribution is -0.164. The number of thioether (sulfide) groups is 1. The molecule has 17 heavy (non-hydrogen) atoms. The van der Waals surface area contributed by atoms with E-state index < -0.39 is 29.8 Å². The van der Waals surface area contributed by atoms with E-state index in [4.69, 9.17) is 14.7 Å². The van der Waals surface area contributed by atoms with Crippen LogP contribution in [0.3, 0.4) is 0 Å². The molecule has 1 fully saturated rings. The number of hydrogen-bond donors (Lipinski definition) is 3. The van der Waals surface area contributed by atoms with Gasteiger partial charge in [-0.3, -0.25) is 9.83 Å². The average molecular weight is 264 g/mol. The number of aliphatic imine (C=N–C) groups is 1. The second-order valence-corrected chi connectivity index (χ2v) is 4.97. The summed E-state index contributed by atoms with van der Waals surface area (Å²) in [6.07, 6.45) is -2.94. The molecule has 1 saturated heterocycles. The summed E-state index contributed by atoms with van der Waals surface area (Å²) >= 11 is 1.30. The molecule has 0 radical (unpaired) electrons. The molecule has 3 N–H and O–H groups in total. The van der Waals surface area contributed by atoms with Gasteiger partial charge in [0.15, 0.2) is 5.17 Å². The Kier molecular flexibility index (Phi) is 3.91. The number of rotatable bonds is 2. The van der Waals surface area contributed by atoms with Crippen LogP contribution in [0.5, 0.6) is 0 Å². The van der Waals surface area contributed by atoms with Crippen LogP contribution in [0.4, 0.5) is 0 Å². The number of hydroxylamine groups is 2. The van der Waals surface area contributed by atoms with Gasteiger partial charge in [0.05, 0.1) is 13.7 Å². The van der Waals surface area contributed by atoms with E-state index in [0.29, 0.717) is 5.17 Å². The van der Waals surface area contributed by atoms with Crippen LogP contribution in [0, 0.1) is 0 Å². The first-order valence-corrected chi connectivity index (χ1v) is 6.11. The lowest BCUT2D eigenvalue weighted by Crippen LogP contribution is -2.55. The van der Waals surface area contributed by atoms with Crippen molar-refractivity contribution in [1.82, 2.24) is 5.06 Å². The van der Waals surface area contributed by atoms with Gasteiger partial charge in [-0.25, -0.2) is 5.06 Å². The van der Waals surface area contributed by atoms with Crippen molar-refractivity contribution in [1.29, 1.82) is 0 Å². The number of fused-ring (bicyclic) bond motifs is 1. The van der Waals surface area contributed by atoms with Crippen molar-refractivity contribution >= 4 is 16.9 Å². The van der Waals surface area contributed by atoms with E-state index in [1.807, 2.05) is 0 Å². The molecule has 0 amide bonds. The average Bonchev–Trinajstić information content (AvgIpc) is 2.76. The lowest BCUT2D eigenvalue weighted by atomic mass is 9.99. The quantitative estimate of drug-likeness (QED) is 0.516. The van der Waals surface area contributed by atoms with Gasteiger partial charge in [0.25, 0.3) is 0 Å². The monoisotopic (exact) mass is 264 g/mol. The lowest BCUT2D eigenvalue weighted by Gasteiger charge is -2.37. The van der Waals surface area contributed by atoms with Gasteiger partial charge in [0.2, 0.25) is 0 Å². The van der Waals surface area contributed by atoms with Crippen LogP contribution in [-0.4, -0.2) is 76.1 Å². The maximum absolute atomic E-state index is 9.90. The number of hydrogen-bond acceptors (Lipinski definition) is 8. The number of nitrogens with zero attached hydrogens (tertiary/aromatic N) is 2. The van der Waals surface area contributed by atoms with Crippen LogP contribution in [0.1, 0.15) is 0 Å². The molecular formula is C9H16N2O5S. The van der Waals surface area contributed by atoms with Crippen LogP contribution >= 0.6 is 11.8 Å². The van der Waals surface area contributed by atoms with Gasteiger partial charge in [-0.1, -0.05) is 11.8 Å². The molecule has 2 rings (SSSR count). The Morgan fingerprint density at radius 2 is 2.18 bits per heavy atom. The molecule has 5 atom stereocenters. The van der Waals surface area contributed by atoms with E-state index in [1.165, 1.54) is 23.9 Å². The third-order valence-electron chi connectivity index (χ3n) is 2.87. The summed E-state index contributed by atoms with van der Waals surface area (Å²) in [6, 6.07) is -0.537. The highest BCUT2D eigenvalue weighted by Gasteiger charge is 2.48. The predicted molar refractivity (Wildman–Crippen MR) is 61.3 cm³/mol. The van der Waals surface area contributed by atoms with Crippen molar-refractivity contribution < 1.29 is 24.9 Å². The maximum Gasteiger partial charge on any atom is 0.186 e. The Labute approximate surface area is 103 Å². The Bertz CT molecular complexity index is 316.